The molecule has 1 aromatic rings. The highest BCUT2D eigenvalue weighted by atomic mass is 79.9. The van der Waals surface area contributed by atoms with Crippen LogP contribution in [0.3, 0.4) is 0 Å². The number of rotatable bonds is 2. The molecular formula is C13H15BrClNO2. The zero-order valence-corrected chi connectivity index (χ0v) is 12.2. The predicted octanol–water partition coefficient (Wildman–Crippen LogP) is 3.43. The van der Waals surface area contributed by atoms with Crippen LogP contribution in [0.2, 0.25) is 0 Å². The van der Waals surface area contributed by atoms with Gasteiger partial charge in [0.2, 0.25) is 0 Å². The number of hydrogen-bond acceptors (Lipinski definition) is 2. The average molecular weight is 333 g/mol. The largest absolute Gasteiger partial charge is 0.507 e. The normalized spacial score (nSPS) is 23.7. The molecule has 0 radical (unpaired) electrons. The molecule has 2 unspecified atom stereocenters. The van der Waals surface area contributed by atoms with Crippen molar-refractivity contribution in [1.82, 2.24) is 5.32 Å². The Bertz CT molecular complexity index is 453. The lowest BCUT2D eigenvalue weighted by Gasteiger charge is -2.27. The third-order valence-electron chi connectivity index (χ3n) is 3.21. The number of carbonyl (C=O) groups excluding carboxylic acids is 1. The summed E-state index contributed by atoms with van der Waals surface area (Å²) in [6.07, 6.45) is 4.08. The van der Waals surface area contributed by atoms with E-state index in [0.29, 0.717) is 10.0 Å². The number of aromatic hydroxyl groups is 1. The van der Waals surface area contributed by atoms with Gasteiger partial charge in [-0.25, -0.2) is 0 Å². The third kappa shape index (κ3) is 3.18. The summed E-state index contributed by atoms with van der Waals surface area (Å²) in [4.78, 5) is 12.0. The molecule has 0 aromatic heterocycles. The van der Waals surface area contributed by atoms with Crippen molar-refractivity contribution in [2.75, 3.05) is 0 Å². The van der Waals surface area contributed by atoms with Crippen molar-refractivity contribution in [3.63, 3.8) is 0 Å². The molecule has 0 saturated heterocycles. The van der Waals surface area contributed by atoms with Crippen molar-refractivity contribution in [1.29, 1.82) is 0 Å². The zero-order chi connectivity index (χ0) is 13.1. The lowest BCUT2D eigenvalue weighted by atomic mass is 9.94. The van der Waals surface area contributed by atoms with Crippen molar-refractivity contribution in [2.24, 2.45) is 0 Å². The lowest BCUT2D eigenvalue weighted by Crippen LogP contribution is -2.42. The van der Waals surface area contributed by atoms with E-state index in [1.54, 1.807) is 12.1 Å². The molecule has 0 spiro atoms. The van der Waals surface area contributed by atoms with Gasteiger partial charge in [0.15, 0.2) is 0 Å². The van der Waals surface area contributed by atoms with Crippen molar-refractivity contribution in [3.05, 3.63) is 28.2 Å². The van der Waals surface area contributed by atoms with Gasteiger partial charge in [-0.2, -0.15) is 0 Å². The first-order valence-corrected chi connectivity index (χ1v) is 7.24. The predicted molar refractivity (Wildman–Crippen MR) is 75.2 cm³/mol. The first kappa shape index (κ1) is 13.7. The smallest absolute Gasteiger partial charge is 0.251 e. The molecule has 1 amide bonds. The second-order valence-corrected chi connectivity index (χ2v) is 5.96. The number of carbonyl (C=O) groups is 1. The fraction of sp³-hybridized carbons (Fsp3) is 0.462. The molecule has 2 atom stereocenters. The van der Waals surface area contributed by atoms with Gasteiger partial charge in [0.25, 0.3) is 5.91 Å². The van der Waals surface area contributed by atoms with Crippen molar-refractivity contribution in [2.45, 2.75) is 37.1 Å². The molecule has 1 aromatic carbocycles. The van der Waals surface area contributed by atoms with Gasteiger partial charge in [-0.15, -0.1) is 11.6 Å². The first-order valence-electron chi connectivity index (χ1n) is 6.01. The number of nitrogens with one attached hydrogen (secondary N) is 1. The van der Waals surface area contributed by atoms with Crippen molar-refractivity contribution in [3.8, 4) is 5.75 Å². The third-order valence-corrected chi connectivity index (χ3v) is 4.40. The minimum absolute atomic E-state index is 0.00625. The van der Waals surface area contributed by atoms with E-state index in [4.69, 9.17) is 11.6 Å². The molecule has 2 N–H and O–H groups in total. The van der Waals surface area contributed by atoms with Crippen LogP contribution in [0.25, 0.3) is 0 Å². The number of hydrogen-bond donors (Lipinski definition) is 2. The minimum Gasteiger partial charge on any atom is -0.507 e. The van der Waals surface area contributed by atoms with E-state index < -0.39 is 0 Å². The summed E-state index contributed by atoms with van der Waals surface area (Å²) in [6, 6.07) is 4.80. The van der Waals surface area contributed by atoms with Crippen LogP contribution in [-0.4, -0.2) is 22.4 Å². The fourth-order valence-corrected chi connectivity index (χ4v) is 2.74. The fourth-order valence-electron chi connectivity index (χ4n) is 2.15. The number of halogens is 2. The SMILES string of the molecule is O=C(NC1CCCCC1Cl)c1ccc(Br)c(O)c1. The molecule has 0 bridgehead atoms. The second-order valence-electron chi connectivity index (χ2n) is 4.55. The molecular weight excluding hydrogens is 318 g/mol. The van der Waals surface area contributed by atoms with E-state index >= 15 is 0 Å². The maximum absolute atomic E-state index is 12.0. The summed E-state index contributed by atoms with van der Waals surface area (Å²) in [5.74, 6) is -0.121. The van der Waals surface area contributed by atoms with Gasteiger partial charge < -0.3 is 10.4 Å². The highest BCUT2D eigenvalue weighted by molar-refractivity contribution is 9.10. The van der Waals surface area contributed by atoms with Crippen molar-refractivity contribution >= 4 is 33.4 Å². The Hall–Kier alpha value is -0.740. The zero-order valence-electron chi connectivity index (χ0n) is 9.83. The van der Waals surface area contributed by atoms with E-state index in [0.717, 1.165) is 25.7 Å². The summed E-state index contributed by atoms with van der Waals surface area (Å²) in [6.45, 7) is 0. The molecule has 0 aliphatic heterocycles. The number of phenols is 1. The molecule has 3 nitrogen and oxygen atoms in total. The van der Waals surface area contributed by atoms with Crippen LogP contribution in [0.5, 0.6) is 5.75 Å². The summed E-state index contributed by atoms with van der Waals surface area (Å²) >= 11 is 9.38. The molecule has 0 heterocycles. The quantitative estimate of drug-likeness (QED) is 0.815. The van der Waals surface area contributed by atoms with E-state index in [1.807, 2.05) is 0 Å². The minimum atomic E-state index is -0.185. The van der Waals surface area contributed by atoms with Gasteiger partial charge in [-0.3, -0.25) is 4.79 Å². The highest BCUT2D eigenvalue weighted by Crippen LogP contribution is 2.26. The first-order chi connectivity index (χ1) is 8.58. The van der Waals surface area contributed by atoms with Crippen LogP contribution in [0, 0.1) is 0 Å². The van der Waals surface area contributed by atoms with Gasteiger partial charge in [-0.1, -0.05) is 12.8 Å². The van der Waals surface area contributed by atoms with E-state index in [-0.39, 0.29) is 23.1 Å². The number of amides is 1. The van der Waals surface area contributed by atoms with E-state index in [2.05, 4.69) is 21.2 Å². The molecule has 5 heteroatoms. The second kappa shape index (κ2) is 5.93. The van der Waals surface area contributed by atoms with E-state index in [9.17, 15) is 9.90 Å². The van der Waals surface area contributed by atoms with Crippen LogP contribution in [-0.2, 0) is 0 Å². The summed E-state index contributed by atoms with van der Waals surface area (Å²) < 4.78 is 0.576. The van der Waals surface area contributed by atoms with Crippen LogP contribution in [0.15, 0.2) is 22.7 Å². The Morgan fingerprint density at radius 2 is 2.11 bits per heavy atom. The van der Waals surface area contributed by atoms with Gasteiger partial charge in [0.05, 0.1) is 9.85 Å². The molecule has 1 saturated carbocycles. The molecule has 2 rings (SSSR count). The van der Waals surface area contributed by atoms with Gasteiger partial charge in [-0.05, 0) is 47.0 Å². The molecule has 1 fully saturated rings. The van der Waals surface area contributed by atoms with Gasteiger partial charge in [0, 0.05) is 11.6 Å². The lowest BCUT2D eigenvalue weighted by molar-refractivity contribution is 0.0928. The Labute approximate surface area is 120 Å². The average Bonchev–Trinajstić information content (AvgIpc) is 2.35. The number of benzene rings is 1. The van der Waals surface area contributed by atoms with Crippen LogP contribution >= 0.6 is 27.5 Å². The summed E-state index contributed by atoms with van der Waals surface area (Å²) in [5, 5.41) is 12.5. The maximum atomic E-state index is 12.0. The van der Waals surface area contributed by atoms with Gasteiger partial charge in [0.1, 0.15) is 5.75 Å². The van der Waals surface area contributed by atoms with E-state index in [1.165, 1.54) is 6.07 Å². The number of alkyl halides is 1. The maximum Gasteiger partial charge on any atom is 0.251 e. The molecule has 1 aliphatic rings. The monoisotopic (exact) mass is 331 g/mol. The number of phenolic OH excluding ortho intramolecular Hbond substituents is 1. The molecule has 18 heavy (non-hydrogen) atoms. The Kier molecular flexibility index (Phi) is 4.51. The van der Waals surface area contributed by atoms with Crippen LogP contribution < -0.4 is 5.32 Å². The topological polar surface area (TPSA) is 49.3 Å². The Balaban J connectivity index is 2.04. The Morgan fingerprint density at radius 1 is 1.39 bits per heavy atom. The van der Waals surface area contributed by atoms with Crippen molar-refractivity contribution < 1.29 is 9.90 Å². The molecule has 1 aliphatic carbocycles. The summed E-state index contributed by atoms with van der Waals surface area (Å²) in [7, 11) is 0. The Morgan fingerprint density at radius 3 is 2.78 bits per heavy atom. The highest BCUT2D eigenvalue weighted by Gasteiger charge is 2.25. The summed E-state index contributed by atoms with van der Waals surface area (Å²) in [5.41, 5.74) is 0.449. The van der Waals surface area contributed by atoms with Gasteiger partial charge >= 0.3 is 0 Å². The molecule has 98 valence electrons. The van der Waals surface area contributed by atoms with Crippen LogP contribution in [0.4, 0.5) is 0 Å². The standard InChI is InChI=1S/C13H15BrClNO2/c14-9-6-5-8(7-12(9)17)13(18)16-11-4-2-1-3-10(11)15/h5-7,10-11,17H,1-4H2,(H,16,18). The van der Waals surface area contributed by atoms with Crippen LogP contribution in [0.1, 0.15) is 36.0 Å².